The van der Waals surface area contributed by atoms with Gasteiger partial charge in [0.1, 0.15) is 121 Å². The first-order chi connectivity index (χ1) is 52.1. The standard InChI is InChI=1S/C22H4F6N6O4S2.C22H4F6N6S2.C20H4F10N6S2/c1-32-17-13(20(33-2)34-3)5-12-16(17)19(40(37,38)22(26,27)28)11-4-10(9(6-29)7-30)14(8-31)15(11)18(12)39(35,36)21(23,24)25;1-32-17-13(20(33-2)34-3)5-12-16(17)19(36-22(26,27)28)11-4-10(9(6-29)7-30)14(8-31)15(11)18(12)35-21(23,24)25;1-34-17-13(20(35-2)36-3)5-12-16(17)19(38(26,27,28,29)30)11-4-10(9(6-31)7-32)14(8-33)15(11)18(12)37(21,22,23,24)25/h4-5H2;4-5H2;4-5H2. The number of allylic oxidation sites excluding steroid dienone is 6. The molecule has 0 unspecified atom stereocenters. The van der Waals surface area contributed by atoms with E-state index in [9.17, 15) is 145 Å². The van der Waals surface area contributed by atoms with Crippen molar-refractivity contribution in [1.82, 2.24) is 0 Å². The van der Waals surface area contributed by atoms with Crippen LogP contribution in [0.15, 0.2) is 97.0 Å². The van der Waals surface area contributed by atoms with Gasteiger partial charge in [-0.2, -0.15) is 129 Å². The van der Waals surface area contributed by atoms with E-state index in [2.05, 4.69) is 43.6 Å². The lowest BCUT2D eigenvalue weighted by Gasteiger charge is -2.45. The van der Waals surface area contributed by atoms with Crippen molar-refractivity contribution in [1.29, 1.82) is 47.4 Å². The second kappa shape index (κ2) is 27.4. The third-order valence-electron chi connectivity index (χ3n) is 16.2. The molecule has 0 saturated carbocycles. The van der Waals surface area contributed by atoms with Crippen LogP contribution in [-0.4, -0.2) is 38.9 Å². The maximum Gasteiger partial charge on any atom is 0.512 e. The molecule has 0 saturated heterocycles. The van der Waals surface area contributed by atoms with Crippen molar-refractivity contribution in [3.63, 3.8) is 0 Å². The molecule has 0 heterocycles. The quantitative estimate of drug-likeness (QED) is 0.0958. The molecule has 572 valence electrons. The van der Waals surface area contributed by atoms with E-state index in [1.807, 2.05) is 0 Å². The number of hydrogen-bond donors (Lipinski definition) is 0. The van der Waals surface area contributed by atoms with Crippen LogP contribution in [0.25, 0.3) is 77.4 Å². The van der Waals surface area contributed by atoms with Crippen LogP contribution in [0, 0.1) is 161 Å². The van der Waals surface area contributed by atoms with Gasteiger partial charge in [0.25, 0.3) is 19.7 Å². The van der Waals surface area contributed by atoms with Gasteiger partial charge in [0, 0.05) is 71.9 Å². The van der Waals surface area contributed by atoms with Gasteiger partial charge in [0.2, 0.25) is 0 Å². The van der Waals surface area contributed by atoms with Gasteiger partial charge in [0.15, 0.2) is 17.1 Å². The van der Waals surface area contributed by atoms with Crippen molar-refractivity contribution < 1.29 is 108 Å². The molecule has 0 atom stereocenters. The van der Waals surface area contributed by atoms with Crippen molar-refractivity contribution in [2.75, 3.05) is 0 Å². The van der Waals surface area contributed by atoms with Gasteiger partial charge in [-0.15, -0.1) is 0 Å². The Hall–Kier alpha value is -14.1. The lowest BCUT2D eigenvalue weighted by atomic mass is 10.0. The Kier molecular flexibility index (Phi) is 21.0. The molecule has 6 aliphatic rings. The molecule has 3 aromatic rings. The van der Waals surface area contributed by atoms with Crippen LogP contribution in [-0.2, 0) is 58.2 Å². The molecule has 3 aromatic carbocycles. The van der Waals surface area contributed by atoms with E-state index in [-0.39, 0.29) is 11.1 Å². The first kappa shape index (κ1) is 87.1. The van der Waals surface area contributed by atoms with Crippen molar-refractivity contribution in [3.05, 3.63) is 235 Å². The summed E-state index contributed by atoms with van der Waals surface area (Å²) in [6.45, 7) is 64.3. The molecule has 0 spiro atoms. The van der Waals surface area contributed by atoms with Crippen LogP contribution in [0.1, 0.15) is 33.4 Å². The summed E-state index contributed by atoms with van der Waals surface area (Å²) in [5, 5.41) is 75.4. The van der Waals surface area contributed by atoms with Gasteiger partial charge in [-0.25, -0.2) is 31.4 Å². The van der Waals surface area contributed by atoms with Crippen LogP contribution >= 0.6 is 44.0 Å². The number of benzene rings is 3. The molecule has 0 bridgehead atoms. The van der Waals surface area contributed by atoms with Crippen molar-refractivity contribution in [2.45, 2.75) is 89.9 Å². The van der Waals surface area contributed by atoms with E-state index in [0.29, 0.717) is 0 Å². The maximum atomic E-state index is 14.5. The third-order valence-corrected chi connectivity index (χ3v) is 23.6. The first-order valence-electron chi connectivity index (χ1n) is 28.0. The van der Waals surface area contributed by atoms with E-state index in [4.69, 9.17) is 69.7 Å². The largest absolute Gasteiger partial charge is 0.512 e. The third kappa shape index (κ3) is 14.7. The SMILES string of the molecule is [C-]#[N+]C([N+]#[C-])=C1Cc2c(S(=O)(=O)C(F)(F)F)c3c(c(S(=O)(=O)C(F)(F)F)c2=C1[N+]#[C-])CC(=C(C#N)C#N)C=3C#N.[C-]#[N+]C([N+]#[C-])=C1Cc2c(S(F)(F)(F)(F)F)c3c(c(S(F)(F)(F)(F)F)c2=C1[N+]#[C-])CC(=C(C#N)C#N)C=3C#N.[C-]#[N+]C([N+]#[C-])=C1Cc2c(SC(F)(F)F)c3c(c(SC(F)(F)F)c2=C1[N+]#[C-])CC(=C(C#N)C#N)C=3C#N. The number of hydrogen-bond acceptors (Lipinski definition) is 15. The zero-order chi connectivity index (χ0) is 87.0. The second-order valence-electron chi connectivity index (χ2n) is 22.2. The van der Waals surface area contributed by atoms with E-state index < -0.39 is 309 Å². The summed E-state index contributed by atoms with van der Waals surface area (Å²) in [6, 6.07) is 11.4. The monoisotopic (exact) mass is 1710 g/mol. The lowest BCUT2D eigenvalue weighted by molar-refractivity contribution is -0.0445. The van der Waals surface area contributed by atoms with E-state index >= 15 is 0 Å². The highest BCUT2D eigenvalue weighted by Crippen LogP contribution is 3.04. The molecule has 0 amide bonds. The minimum Gasteiger partial charge on any atom is -0.238 e. The molecule has 50 heteroatoms. The van der Waals surface area contributed by atoms with Crippen molar-refractivity contribution in [2.24, 2.45) is 0 Å². The zero-order valence-electron chi connectivity index (χ0n) is 53.7. The second-order valence-corrected chi connectivity index (χ2v) is 32.8. The number of thioether (sulfide) groups is 2. The highest BCUT2D eigenvalue weighted by molar-refractivity contribution is 8.46. The summed E-state index contributed by atoms with van der Waals surface area (Å²) in [4.78, 5) is 13.5. The normalized spacial score (nSPS) is 15.5. The number of halogens is 22. The lowest BCUT2D eigenvalue weighted by Crippen LogP contribution is -2.39. The minimum absolute atomic E-state index is 0.314. The Morgan fingerprint density at radius 1 is 0.333 bits per heavy atom. The molecule has 0 aromatic heterocycles. The van der Waals surface area contributed by atoms with Crippen LogP contribution in [0.4, 0.5) is 91.5 Å². The van der Waals surface area contributed by atoms with E-state index in [1.165, 1.54) is 30.3 Å². The Labute approximate surface area is 629 Å². The summed E-state index contributed by atoms with van der Waals surface area (Å²) in [5.41, 5.74) is -44.8. The van der Waals surface area contributed by atoms with Crippen LogP contribution < -0.4 is 31.3 Å². The molecule has 0 aliphatic heterocycles. The number of rotatable bonds is 6. The molecular weight excluding hydrogens is 1700 g/mol. The zero-order valence-corrected chi connectivity index (χ0v) is 58.6. The molecule has 0 fully saturated rings. The van der Waals surface area contributed by atoms with Gasteiger partial charge in [-0.1, -0.05) is 38.9 Å². The summed E-state index contributed by atoms with van der Waals surface area (Å²) >= 11 is -1.43. The average Bonchev–Trinajstić information content (AvgIpc) is 1.38. The summed E-state index contributed by atoms with van der Waals surface area (Å²) < 4.78 is 361. The molecule has 0 N–H and O–H groups in total. The molecular formula is C64H12F22N18O4S6. The summed E-state index contributed by atoms with van der Waals surface area (Å²) in [6.07, 6.45) is -7.36. The predicted molar refractivity (Wildman–Crippen MR) is 345 cm³/mol. The Morgan fingerprint density at radius 3 is 0.895 bits per heavy atom. The van der Waals surface area contributed by atoms with Crippen molar-refractivity contribution in [3.8, 4) is 54.6 Å². The molecule has 114 heavy (non-hydrogen) atoms. The molecule has 9 rings (SSSR count). The highest BCUT2D eigenvalue weighted by Gasteiger charge is 2.72. The average molecular weight is 1710 g/mol. The molecule has 6 aliphatic carbocycles. The smallest absolute Gasteiger partial charge is 0.238 e. The fourth-order valence-electron chi connectivity index (χ4n) is 12.5. The van der Waals surface area contributed by atoms with Crippen LogP contribution in [0.5, 0.6) is 0 Å². The first-order valence-corrected chi connectivity index (χ1v) is 36.6. The minimum atomic E-state index is -11.3. The Morgan fingerprint density at radius 2 is 0.579 bits per heavy atom. The number of nitrogens with zero attached hydrogens (tertiary/aromatic N) is 18. The highest BCUT2D eigenvalue weighted by atomic mass is 32.5. The van der Waals surface area contributed by atoms with Crippen molar-refractivity contribution >= 4 is 97.5 Å². The number of nitriles is 9. The summed E-state index contributed by atoms with van der Waals surface area (Å²) in [5.74, 6) is -3.06. The molecule has 0 radical (unpaired) electrons. The van der Waals surface area contributed by atoms with Gasteiger partial charge in [0.05, 0.1) is 62.9 Å². The fraction of sp³-hybridized carbons (Fsp3) is 0.156. The predicted octanol–water partition coefficient (Wildman–Crippen LogP) is 14.8. The number of alkyl halides is 12. The van der Waals surface area contributed by atoms with E-state index in [0.717, 1.165) is 18.2 Å². The Balaban J connectivity index is 0.000000237. The maximum absolute atomic E-state index is 14.5. The van der Waals surface area contributed by atoms with Gasteiger partial charge >= 0.3 is 59.9 Å². The van der Waals surface area contributed by atoms with E-state index in [1.54, 1.807) is 6.07 Å². The number of sulfone groups is 2. The Bertz CT molecular complexity index is 6490. The molecule has 22 nitrogen and oxygen atoms in total. The summed E-state index contributed by atoms with van der Waals surface area (Å²) in [7, 11) is -35.8. The van der Waals surface area contributed by atoms with Gasteiger partial charge in [-0.05, 0) is 81.4 Å². The topological polar surface area (TPSA) is 322 Å². The van der Waals surface area contributed by atoms with Gasteiger partial charge < -0.3 is 0 Å². The van der Waals surface area contributed by atoms with Gasteiger partial charge in [-0.3, -0.25) is 0 Å². The fourth-order valence-corrected chi connectivity index (χ4v) is 19.1. The van der Waals surface area contributed by atoms with Crippen LogP contribution in [0.3, 0.4) is 0 Å². The number of fused-ring (bicyclic) bond motifs is 6. The van der Waals surface area contributed by atoms with Crippen LogP contribution in [0.2, 0.25) is 0 Å².